The summed E-state index contributed by atoms with van der Waals surface area (Å²) >= 11 is 0. The number of hydrogen-bond acceptors (Lipinski definition) is 7. The van der Waals surface area contributed by atoms with E-state index >= 15 is 0 Å². The van der Waals surface area contributed by atoms with Crippen molar-refractivity contribution in [1.29, 1.82) is 0 Å². The number of benzene rings is 2. The summed E-state index contributed by atoms with van der Waals surface area (Å²) < 4.78 is 20.7. The molecule has 5 aromatic rings. The van der Waals surface area contributed by atoms with E-state index in [0.29, 0.717) is 22.9 Å². The van der Waals surface area contributed by atoms with Crippen molar-refractivity contribution < 1.29 is 9.13 Å². The molecule has 0 saturated carbocycles. The summed E-state index contributed by atoms with van der Waals surface area (Å²) in [5.41, 5.74) is 7.83. The van der Waals surface area contributed by atoms with Gasteiger partial charge in [0.05, 0.1) is 5.69 Å². The SMILES string of the molecule is Nc1nc(Nc2ccc(Oc3cccc4cnccc34)c(F)c2)cc(-c2ccncc2)n1. The topological polar surface area (TPSA) is 98.8 Å². The van der Waals surface area contributed by atoms with Crippen LogP contribution in [-0.2, 0) is 0 Å². The van der Waals surface area contributed by atoms with E-state index in [0.717, 1.165) is 16.3 Å². The Morgan fingerprint density at radius 2 is 1.69 bits per heavy atom. The molecule has 0 aliphatic heterocycles. The van der Waals surface area contributed by atoms with Crippen LogP contribution >= 0.6 is 0 Å². The van der Waals surface area contributed by atoms with Crippen LogP contribution in [0.5, 0.6) is 11.5 Å². The van der Waals surface area contributed by atoms with Crippen LogP contribution in [0.25, 0.3) is 22.0 Å². The van der Waals surface area contributed by atoms with Crippen LogP contribution < -0.4 is 15.8 Å². The molecular weight excluding hydrogens is 407 g/mol. The molecule has 156 valence electrons. The van der Waals surface area contributed by atoms with Gasteiger partial charge in [-0.15, -0.1) is 0 Å². The average molecular weight is 424 g/mol. The summed E-state index contributed by atoms with van der Waals surface area (Å²) in [5, 5.41) is 4.83. The Bertz CT molecular complexity index is 1410. The zero-order valence-corrected chi connectivity index (χ0v) is 16.7. The average Bonchev–Trinajstić information content (AvgIpc) is 2.81. The van der Waals surface area contributed by atoms with Crippen molar-refractivity contribution in [2.75, 3.05) is 11.1 Å². The van der Waals surface area contributed by atoms with Gasteiger partial charge in [-0.2, -0.15) is 4.98 Å². The first kappa shape index (κ1) is 19.4. The molecule has 2 aromatic carbocycles. The molecule has 0 spiro atoms. The number of nitrogens with zero attached hydrogens (tertiary/aromatic N) is 4. The maximum absolute atomic E-state index is 14.8. The van der Waals surface area contributed by atoms with Gasteiger partial charge < -0.3 is 15.8 Å². The monoisotopic (exact) mass is 424 g/mol. The van der Waals surface area contributed by atoms with Crippen molar-refractivity contribution in [1.82, 2.24) is 19.9 Å². The molecule has 8 heteroatoms. The van der Waals surface area contributed by atoms with E-state index in [2.05, 4.69) is 25.3 Å². The summed E-state index contributed by atoms with van der Waals surface area (Å²) in [7, 11) is 0. The number of anilines is 3. The van der Waals surface area contributed by atoms with Gasteiger partial charge in [-0.05, 0) is 36.4 Å². The number of aromatic nitrogens is 4. The van der Waals surface area contributed by atoms with Crippen molar-refractivity contribution in [3.63, 3.8) is 0 Å². The second kappa shape index (κ2) is 8.27. The molecule has 0 unspecified atom stereocenters. The van der Waals surface area contributed by atoms with Gasteiger partial charge in [0.1, 0.15) is 11.6 Å². The van der Waals surface area contributed by atoms with Gasteiger partial charge in [-0.1, -0.05) is 12.1 Å². The van der Waals surface area contributed by atoms with Gasteiger partial charge in [0.15, 0.2) is 11.6 Å². The molecule has 0 aliphatic rings. The number of nitrogens with two attached hydrogens (primary N) is 1. The summed E-state index contributed by atoms with van der Waals surface area (Å²) in [6.07, 6.45) is 6.74. The lowest BCUT2D eigenvalue weighted by atomic mass is 10.1. The van der Waals surface area contributed by atoms with E-state index in [-0.39, 0.29) is 11.7 Å². The molecule has 5 rings (SSSR count). The summed E-state index contributed by atoms with van der Waals surface area (Å²) in [6, 6.07) is 17.4. The quantitative estimate of drug-likeness (QED) is 0.393. The molecule has 3 heterocycles. The largest absolute Gasteiger partial charge is 0.454 e. The number of nitrogens with one attached hydrogen (secondary N) is 1. The standard InChI is InChI=1S/C24H17FN6O/c25-19-12-17(29-23-13-20(30-24(26)31-23)15-6-9-27-10-7-15)4-5-22(19)32-21-3-1-2-16-14-28-11-8-18(16)21/h1-14H,(H3,26,29,30,31). The fourth-order valence-corrected chi connectivity index (χ4v) is 3.31. The fraction of sp³-hybridized carbons (Fsp3) is 0. The predicted octanol–water partition coefficient (Wildman–Crippen LogP) is 5.34. The first-order valence-corrected chi connectivity index (χ1v) is 9.78. The normalized spacial score (nSPS) is 10.8. The van der Waals surface area contributed by atoms with Crippen LogP contribution in [0.3, 0.4) is 0 Å². The van der Waals surface area contributed by atoms with Crippen LogP contribution in [0.2, 0.25) is 0 Å². The number of nitrogen functional groups attached to an aromatic ring is 1. The lowest BCUT2D eigenvalue weighted by Crippen LogP contribution is -2.02. The van der Waals surface area contributed by atoms with E-state index in [1.807, 2.05) is 30.3 Å². The van der Waals surface area contributed by atoms with Gasteiger partial charge in [-0.3, -0.25) is 9.97 Å². The van der Waals surface area contributed by atoms with Crippen molar-refractivity contribution in [2.24, 2.45) is 0 Å². The third-order valence-electron chi connectivity index (χ3n) is 4.78. The number of pyridine rings is 2. The molecular formula is C24H17FN6O. The highest BCUT2D eigenvalue weighted by Crippen LogP contribution is 2.32. The highest BCUT2D eigenvalue weighted by atomic mass is 19.1. The van der Waals surface area contributed by atoms with Crippen molar-refractivity contribution in [3.8, 4) is 22.8 Å². The van der Waals surface area contributed by atoms with Crippen LogP contribution in [0.15, 0.2) is 85.5 Å². The smallest absolute Gasteiger partial charge is 0.222 e. The third kappa shape index (κ3) is 4.01. The molecule has 3 aromatic heterocycles. The molecule has 0 bridgehead atoms. The Hall–Kier alpha value is -4.59. The van der Waals surface area contributed by atoms with Gasteiger partial charge in [0.25, 0.3) is 0 Å². The van der Waals surface area contributed by atoms with Crippen molar-refractivity contribution >= 4 is 28.2 Å². The Morgan fingerprint density at radius 3 is 2.53 bits per heavy atom. The van der Waals surface area contributed by atoms with Gasteiger partial charge in [-0.25, -0.2) is 9.37 Å². The maximum atomic E-state index is 14.8. The van der Waals surface area contributed by atoms with Gasteiger partial charge >= 0.3 is 0 Å². The third-order valence-corrected chi connectivity index (χ3v) is 4.78. The Labute approximate surface area is 182 Å². The number of hydrogen-bond donors (Lipinski definition) is 2. The predicted molar refractivity (Wildman–Crippen MR) is 121 cm³/mol. The Kier molecular flexibility index (Phi) is 5.01. The first-order chi connectivity index (χ1) is 15.7. The van der Waals surface area contributed by atoms with Crippen LogP contribution in [0, 0.1) is 5.82 Å². The molecule has 0 saturated heterocycles. The summed E-state index contributed by atoms with van der Waals surface area (Å²) in [4.78, 5) is 16.5. The van der Waals surface area contributed by atoms with Crippen LogP contribution in [0.4, 0.5) is 21.8 Å². The molecule has 32 heavy (non-hydrogen) atoms. The van der Waals surface area contributed by atoms with Crippen molar-refractivity contribution in [2.45, 2.75) is 0 Å². The van der Waals surface area contributed by atoms with Gasteiger partial charge in [0, 0.05) is 58.9 Å². The zero-order chi connectivity index (χ0) is 21.9. The molecule has 3 N–H and O–H groups in total. The number of rotatable bonds is 5. The summed E-state index contributed by atoms with van der Waals surface area (Å²) in [5.74, 6) is 0.693. The number of halogens is 1. The zero-order valence-electron chi connectivity index (χ0n) is 16.7. The lowest BCUT2D eigenvalue weighted by molar-refractivity contribution is 0.447. The number of fused-ring (bicyclic) bond motifs is 1. The Morgan fingerprint density at radius 1 is 0.844 bits per heavy atom. The van der Waals surface area contributed by atoms with Crippen molar-refractivity contribution in [3.05, 3.63) is 91.3 Å². The fourth-order valence-electron chi connectivity index (χ4n) is 3.31. The van der Waals surface area contributed by atoms with Gasteiger partial charge in [0.2, 0.25) is 5.95 Å². The van der Waals surface area contributed by atoms with E-state index in [4.69, 9.17) is 10.5 Å². The van der Waals surface area contributed by atoms with E-state index in [9.17, 15) is 4.39 Å². The molecule has 0 radical (unpaired) electrons. The minimum absolute atomic E-state index is 0.104. The van der Waals surface area contributed by atoms with E-state index in [1.165, 1.54) is 6.07 Å². The maximum Gasteiger partial charge on any atom is 0.222 e. The molecule has 0 atom stereocenters. The van der Waals surface area contributed by atoms with Crippen LogP contribution in [-0.4, -0.2) is 19.9 Å². The van der Waals surface area contributed by atoms with Crippen LogP contribution in [0.1, 0.15) is 0 Å². The minimum Gasteiger partial charge on any atom is -0.454 e. The molecule has 0 fully saturated rings. The second-order valence-corrected chi connectivity index (χ2v) is 6.96. The second-order valence-electron chi connectivity index (χ2n) is 6.96. The Balaban J connectivity index is 1.40. The highest BCUT2D eigenvalue weighted by molar-refractivity contribution is 5.87. The summed E-state index contributed by atoms with van der Waals surface area (Å²) in [6.45, 7) is 0. The molecule has 0 amide bonds. The highest BCUT2D eigenvalue weighted by Gasteiger charge is 2.10. The molecule has 0 aliphatic carbocycles. The van der Waals surface area contributed by atoms with E-state index in [1.54, 1.807) is 49.1 Å². The minimum atomic E-state index is -0.516. The van der Waals surface area contributed by atoms with E-state index < -0.39 is 5.82 Å². The lowest BCUT2D eigenvalue weighted by Gasteiger charge is -2.12. The molecule has 7 nitrogen and oxygen atoms in total. The first-order valence-electron chi connectivity index (χ1n) is 9.78. The number of ether oxygens (including phenoxy) is 1.